The molecular formula is C13H20BrNS. The van der Waals surface area contributed by atoms with Crippen molar-refractivity contribution in [1.29, 1.82) is 0 Å². The quantitative estimate of drug-likeness (QED) is 0.843. The summed E-state index contributed by atoms with van der Waals surface area (Å²) < 4.78 is 1.29. The Hall–Kier alpha value is 0.140. The zero-order valence-corrected chi connectivity index (χ0v) is 12.6. The van der Waals surface area contributed by atoms with Crippen LogP contribution in [0.15, 0.2) is 10.5 Å². The average Bonchev–Trinajstić information content (AvgIpc) is 3.01. The summed E-state index contributed by atoms with van der Waals surface area (Å²) in [6.45, 7) is 7.82. The molecule has 0 aliphatic heterocycles. The van der Waals surface area contributed by atoms with Gasteiger partial charge < -0.3 is 5.32 Å². The third kappa shape index (κ3) is 2.69. The van der Waals surface area contributed by atoms with Gasteiger partial charge in [0.2, 0.25) is 0 Å². The van der Waals surface area contributed by atoms with E-state index in [4.69, 9.17) is 0 Å². The largest absolute Gasteiger partial charge is 0.309 e. The van der Waals surface area contributed by atoms with Gasteiger partial charge in [0.15, 0.2) is 0 Å². The van der Waals surface area contributed by atoms with Crippen LogP contribution in [0.25, 0.3) is 0 Å². The highest BCUT2D eigenvalue weighted by atomic mass is 79.9. The summed E-state index contributed by atoms with van der Waals surface area (Å²) in [7, 11) is 0. The van der Waals surface area contributed by atoms with E-state index in [9.17, 15) is 0 Å². The second-order valence-corrected chi connectivity index (χ2v) is 6.94. The van der Waals surface area contributed by atoms with E-state index >= 15 is 0 Å². The van der Waals surface area contributed by atoms with Crippen LogP contribution < -0.4 is 5.32 Å². The predicted molar refractivity (Wildman–Crippen MR) is 75.1 cm³/mol. The Bertz CT molecular complexity index is 357. The van der Waals surface area contributed by atoms with Crippen molar-refractivity contribution in [3.8, 4) is 0 Å². The van der Waals surface area contributed by atoms with Gasteiger partial charge >= 0.3 is 0 Å². The number of rotatable bonds is 5. The van der Waals surface area contributed by atoms with Crippen LogP contribution in [0.3, 0.4) is 0 Å². The SMILES string of the molecule is CCNC(c1sc(C)cc1Br)C(C)C1CC1. The first-order valence-electron chi connectivity index (χ1n) is 6.12. The standard InChI is InChI=1S/C13H20BrNS/c1-4-15-12(9(3)10-5-6-10)13-11(14)7-8(2)16-13/h7,9-10,12,15H,4-6H2,1-3H3. The minimum Gasteiger partial charge on any atom is -0.309 e. The number of aryl methyl sites for hydroxylation is 1. The normalized spacial score (nSPS) is 19.8. The molecule has 2 atom stereocenters. The summed E-state index contributed by atoms with van der Waals surface area (Å²) in [5, 5.41) is 3.65. The molecule has 0 bridgehead atoms. The van der Waals surface area contributed by atoms with E-state index in [1.54, 1.807) is 0 Å². The topological polar surface area (TPSA) is 12.0 Å². The van der Waals surface area contributed by atoms with Crippen LogP contribution >= 0.6 is 27.3 Å². The number of hydrogen-bond acceptors (Lipinski definition) is 2. The van der Waals surface area contributed by atoms with Gasteiger partial charge in [0, 0.05) is 20.3 Å². The summed E-state index contributed by atoms with van der Waals surface area (Å²) >= 11 is 5.62. The molecule has 2 rings (SSSR count). The monoisotopic (exact) mass is 301 g/mol. The van der Waals surface area contributed by atoms with Gasteiger partial charge in [0.25, 0.3) is 0 Å². The Balaban J connectivity index is 2.20. The van der Waals surface area contributed by atoms with E-state index in [1.165, 1.54) is 27.1 Å². The van der Waals surface area contributed by atoms with Crippen molar-refractivity contribution in [3.05, 3.63) is 20.3 Å². The molecule has 1 aromatic heterocycles. The third-order valence-corrected chi connectivity index (χ3v) is 5.49. The van der Waals surface area contributed by atoms with Gasteiger partial charge in [-0.05, 0) is 60.1 Å². The van der Waals surface area contributed by atoms with Crippen LogP contribution in [0.5, 0.6) is 0 Å². The van der Waals surface area contributed by atoms with Crippen LogP contribution in [0.4, 0.5) is 0 Å². The highest BCUT2D eigenvalue weighted by Crippen LogP contribution is 2.45. The van der Waals surface area contributed by atoms with Crippen molar-refractivity contribution in [2.24, 2.45) is 11.8 Å². The maximum Gasteiger partial charge on any atom is 0.0454 e. The molecule has 0 amide bonds. The number of nitrogens with one attached hydrogen (secondary N) is 1. The molecule has 2 unspecified atom stereocenters. The van der Waals surface area contributed by atoms with Crippen LogP contribution in [0, 0.1) is 18.8 Å². The van der Waals surface area contributed by atoms with Crippen molar-refractivity contribution in [2.45, 2.75) is 39.7 Å². The summed E-state index contributed by atoms with van der Waals surface area (Å²) in [6, 6.07) is 2.77. The Morgan fingerprint density at radius 1 is 1.56 bits per heavy atom. The number of halogens is 1. The lowest BCUT2D eigenvalue weighted by atomic mass is 9.95. The molecule has 16 heavy (non-hydrogen) atoms. The van der Waals surface area contributed by atoms with Crippen molar-refractivity contribution < 1.29 is 0 Å². The predicted octanol–water partition coefficient (Wildman–Crippen LogP) is 4.52. The molecule has 0 radical (unpaired) electrons. The Kier molecular flexibility index (Phi) is 4.09. The molecule has 1 aliphatic carbocycles. The molecule has 1 nitrogen and oxygen atoms in total. The fraction of sp³-hybridized carbons (Fsp3) is 0.692. The zero-order valence-electron chi connectivity index (χ0n) is 10.2. The second kappa shape index (κ2) is 5.19. The second-order valence-electron chi connectivity index (χ2n) is 4.80. The first-order chi connectivity index (χ1) is 7.63. The van der Waals surface area contributed by atoms with E-state index in [-0.39, 0.29) is 0 Å². The summed E-state index contributed by atoms with van der Waals surface area (Å²) in [4.78, 5) is 2.88. The molecule has 3 heteroatoms. The van der Waals surface area contributed by atoms with Gasteiger partial charge in [-0.1, -0.05) is 13.8 Å². The van der Waals surface area contributed by atoms with Gasteiger partial charge in [-0.2, -0.15) is 0 Å². The smallest absolute Gasteiger partial charge is 0.0454 e. The average molecular weight is 302 g/mol. The molecule has 0 saturated heterocycles. The molecule has 90 valence electrons. The van der Waals surface area contributed by atoms with E-state index in [0.717, 1.165) is 18.4 Å². The lowest BCUT2D eigenvalue weighted by Crippen LogP contribution is -2.27. The van der Waals surface area contributed by atoms with E-state index in [2.05, 4.69) is 48.1 Å². The van der Waals surface area contributed by atoms with Crippen molar-refractivity contribution in [2.75, 3.05) is 6.54 Å². The molecule has 1 aliphatic rings. The first-order valence-corrected chi connectivity index (χ1v) is 7.73. The highest BCUT2D eigenvalue weighted by molar-refractivity contribution is 9.10. The lowest BCUT2D eigenvalue weighted by Gasteiger charge is -2.24. The van der Waals surface area contributed by atoms with Crippen molar-refractivity contribution in [1.82, 2.24) is 5.32 Å². The van der Waals surface area contributed by atoms with Gasteiger partial charge in [-0.3, -0.25) is 0 Å². The van der Waals surface area contributed by atoms with Gasteiger partial charge in [0.05, 0.1) is 0 Å². The van der Waals surface area contributed by atoms with Crippen LogP contribution in [-0.4, -0.2) is 6.54 Å². The maximum atomic E-state index is 3.70. The van der Waals surface area contributed by atoms with Crippen LogP contribution in [0.2, 0.25) is 0 Å². The molecule has 1 saturated carbocycles. The highest BCUT2D eigenvalue weighted by Gasteiger charge is 2.34. The van der Waals surface area contributed by atoms with Crippen LogP contribution in [0.1, 0.15) is 42.5 Å². The summed E-state index contributed by atoms with van der Waals surface area (Å²) in [5.74, 6) is 1.70. The van der Waals surface area contributed by atoms with E-state index in [0.29, 0.717) is 6.04 Å². The Morgan fingerprint density at radius 3 is 2.69 bits per heavy atom. The fourth-order valence-electron chi connectivity index (χ4n) is 2.34. The van der Waals surface area contributed by atoms with Gasteiger partial charge in [-0.25, -0.2) is 0 Å². The van der Waals surface area contributed by atoms with Crippen molar-refractivity contribution >= 4 is 27.3 Å². The molecule has 1 N–H and O–H groups in total. The van der Waals surface area contributed by atoms with Crippen molar-refractivity contribution in [3.63, 3.8) is 0 Å². The molecular weight excluding hydrogens is 282 g/mol. The van der Waals surface area contributed by atoms with Crippen LogP contribution in [-0.2, 0) is 0 Å². The fourth-order valence-corrected chi connectivity index (χ4v) is 4.43. The van der Waals surface area contributed by atoms with E-state index in [1.807, 2.05) is 11.3 Å². The molecule has 1 heterocycles. The Labute approximate surface area is 111 Å². The molecule has 1 fully saturated rings. The molecule has 0 aromatic carbocycles. The molecule has 0 spiro atoms. The minimum atomic E-state index is 0.533. The third-order valence-electron chi connectivity index (χ3n) is 3.43. The zero-order chi connectivity index (χ0) is 11.7. The number of hydrogen-bond donors (Lipinski definition) is 1. The van der Waals surface area contributed by atoms with E-state index < -0.39 is 0 Å². The minimum absolute atomic E-state index is 0.533. The van der Waals surface area contributed by atoms with Gasteiger partial charge in [-0.15, -0.1) is 11.3 Å². The molecule has 1 aromatic rings. The Morgan fingerprint density at radius 2 is 2.25 bits per heavy atom. The summed E-state index contributed by atoms with van der Waals surface area (Å²) in [5.41, 5.74) is 0. The first kappa shape index (κ1) is 12.6. The maximum absolute atomic E-state index is 3.70. The number of thiophene rings is 1. The van der Waals surface area contributed by atoms with Gasteiger partial charge in [0.1, 0.15) is 0 Å². The summed E-state index contributed by atoms with van der Waals surface area (Å²) in [6.07, 6.45) is 2.84. The lowest BCUT2D eigenvalue weighted by molar-refractivity contribution is 0.359.